The lowest BCUT2D eigenvalue weighted by molar-refractivity contribution is -0.122. The van der Waals surface area contributed by atoms with Crippen LogP contribution in [0.4, 0.5) is 5.95 Å². The monoisotopic (exact) mass is 277 g/mol. The second-order valence-corrected chi connectivity index (χ2v) is 4.22. The van der Waals surface area contributed by atoms with E-state index in [1.54, 1.807) is 49.6 Å². The summed E-state index contributed by atoms with van der Waals surface area (Å²) in [7, 11) is 0. The van der Waals surface area contributed by atoms with Crippen LogP contribution in [0.2, 0.25) is 5.02 Å². The molecule has 0 saturated heterocycles. The summed E-state index contributed by atoms with van der Waals surface area (Å²) in [6, 6.07) is 8.53. The minimum atomic E-state index is -0.678. The first-order chi connectivity index (χ1) is 9.15. The number of anilines is 1. The maximum absolute atomic E-state index is 11.9. The predicted octanol–water partition coefficient (Wildman–Crippen LogP) is 2.54. The van der Waals surface area contributed by atoms with Gasteiger partial charge in [0.25, 0.3) is 5.91 Å². The first kappa shape index (κ1) is 13.3. The summed E-state index contributed by atoms with van der Waals surface area (Å²) < 4.78 is 5.48. The molecule has 1 aromatic carbocycles. The summed E-state index contributed by atoms with van der Waals surface area (Å²) in [6.07, 6.45) is 2.42. The quantitative estimate of drug-likeness (QED) is 0.933. The van der Waals surface area contributed by atoms with E-state index >= 15 is 0 Å². The third-order valence-electron chi connectivity index (χ3n) is 2.28. The Morgan fingerprint density at radius 1 is 1.32 bits per heavy atom. The van der Waals surface area contributed by atoms with Crippen molar-refractivity contribution >= 4 is 23.5 Å². The number of halogens is 1. The van der Waals surface area contributed by atoms with Crippen molar-refractivity contribution in [3.63, 3.8) is 0 Å². The second kappa shape index (κ2) is 6.15. The number of hydrogen-bond donors (Lipinski definition) is 1. The van der Waals surface area contributed by atoms with E-state index in [9.17, 15) is 4.79 Å². The molecule has 0 spiro atoms. The lowest BCUT2D eigenvalue weighted by Gasteiger charge is -2.14. The molecule has 2 rings (SSSR count). The predicted molar refractivity (Wildman–Crippen MR) is 72.2 cm³/mol. The van der Waals surface area contributed by atoms with Crippen molar-refractivity contribution in [2.45, 2.75) is 13.0 Å². The molecule has 0 aliphatic heterocycles. The number of benzene rings is 1. The lowest BCUT2D eigenvalue weighted by atomic mass is 10.3. The van der Waals surface area contributed by atoms with E-state index in [1.165, 1.54) is 0 Å². The molecule has 0 fully saturated rings. The van der Waals surface area contributed by atoms with E-state index < -0.39 is 6.10 Å². The number of ether oxygens (including phenoxy) is 1. The zero-order valence-electron chi connectivity index (χ0n) is 10.2. The van der Waals surface area contributed by atoms with E-state index in [-0.39, 0.29) is 11.9 Å². The number of nitrogens with zero attached hydrogens (tertiary/aromatic N) is 2. The van der Waals surface area contributed by atoms with Crippen LogP contribution in [0.1, 0.15) is 6.92 Å². The van der Waals surface area contributed by atoms with Crippen LogP contribution in [0.15, 0.2) is 42.7 Å². The van der Waals surface area contributed by atoms with Gasteiger partial charge >= 0.3 is 0 Å². The fourth-order valence-corrected chi connectivity index (χ4v) is 1.55. The SMILES string of the molecule is CC(Oc1cccc(Cl)c1)C(=O)Nc1ncccn1. The first-order valence-electron chi connectivity index (χ1n) is 5.65. The van der Waals surface area contributed by atoms with Crippen LogP contribution < -0.4 is 10.1 Å². The zero-order chi connectivity index (χ0) is 13.7. The number of hydrogen-bond acceptors (Lipinski definition) is 4. The summed E-state index contributed by atoms with van der Waals surface area (Å²) in [5.41, 5.74) is 0. The molecule has 1 aromatic heterocycles. The third-order valence-corrected chi connectivity index (χ3v) is 2.51. The highest BCUT2D eigenvalue weighted by molar-refractivity contribution is 6.30. The highest BCUT2D eigenvalue weighted by Gasteiger charge is 2.15. The van der Waals surface area contributed by atoms with E-state index in [2.05, 4.69) is 15.3 Å². The molecule has 5 nitrogen and oxygen atoms in total. The number of nitrogens with one attached hydrogen (secondary N) is 1. The maximum atomic E-state index is 11.9. The van der Waals surface area contributed by atoms with Crippen molar-refractivity contribution in [2.24, 2.45) is 0 Å². The van der Waals surface area contributed by atoms with Crippen LogP contribution in [0, 0.1) is 0 Å². The van der Waals surface area contributed by atoms with Crippen molar-refractivity contribution in [1.82, 2.24) is 9.97 Å². The molecular weight excluding hydrogens is 266 g/mol. The largest absolute Gasteiger partial charge is 0.481 e. The number of carbonyl (C=O) groups is 1. The van der Waals surface area contributed by atoms with Crippen LogP contribution in [0.25, 0.3) is 0 Å². The minimum absolute atomic E-state index is 0.244. The van der Waals surface area contributed by atoms with Gasteiger partial charge < -0.3 is 4.74 Å². The third kappa shape index (κ3) is 3.93. The average molecular weight is 278 g/mol. The van der Waals surface area contributed by atoms with E-state index in [4.69, 9.17) is 16.3 Å². The molecule has 98 valence electrons. The summed E-state index contributed by atoms with van der Waals surface area (Å²) in [5, 5.41) is 3.11. The smallest absolute Gasteiger partial charge is 0.267 e. The number of aromatic nitrogens is 2. The van der Waals surface area contributed by atoms with Gasteiger partial charge in [0.15, 0.2) is 6.10 Å². The van der Waals surface area contributed by atoms with Gasteiger partial charge in [-0.15, -0.1) is 0 Å². The molecular formula is C13H12ClN3O2. The molecule has 1 N–H and O–H groups in total. The number of rotatable bonds is 4. The number of amides is 1. The van der Waals surface area contributed by atoms with Gasteiger partial charge in [0.2, 0.25) is 5.95 Å². The van der Waals surface area contributed by atoms with Crippen molar-refractivity contribution in [2.75, 3.05) is 5.32 Å². The van der Waals surface area contributed by atoms with Crippen LogP contribution in [0.3, 0.4) is 0 Å². The Bertz CT molecular complexity index is 563. The highest BCUT2D eigenvalue weighted by Crippen LogP contribution is 2.18. The van der Waals surface area contributed by atoms with Crippen LogP contribution in [0.5, 0.6) is 5.75 Å². The fraction of sp³-hybridized carbons (Fsp3) is 0.154. The Kier molecular flexibility index (Phi) is 4.30. The topological polar surface area (TPSA) is 64.1 Å². The molecule has 19 heavy (non-hydrogen) atoms. The molecule has 0 aliphatic carbocycles. The molecule has 6 heteroatoms. The van der Waals surface area contributed by atoms with Crippen LogP contribution in [-0.4, -0.2) is 22.0 Å². The summed E-state index contributed by atoms with van der Waals surface area (Å²) in [6.45, 7) is 1.64. The Morgan fingerprint density at radius 3 is 2.74 bits per heavy atom. The van der Waals surface area contributed by atoms with Gasteiger partial charge in [-0.25, -0.2) is 9.97 Å². The molecule has 2 aromatic rings. The minimum Gasteiger partial charge on any atom is -0.481 e. The summed E-state index contributed by atoms with van der Waals surface area (Å²) in [5.74, 6) is 0.448. The van der Waals surface area contributed by atoms with E-state index in [0.29, 0.717) is 10.8 Å². The molecule has 0 aliphatic rings. The molecule has 1 amide bonds. The Balaban J connectivity index is 1.96. The molecule has 0 saturated carbocycles. The molecule has 0 bridgehead atoms. The van der Waals surface area contributed by atoms with Gasteiger partial charge in [-0.2, -0.15) is 0 Å². The van der Waals surface area contributed by atoms with E-state index in [1.807, 2.05) is 0 Å². The van der Waals surface area contributed by atoms with Gasteiger partial charge in [-0.1, -0.05) is 17.7 Å². The van der Waals surface area contributed by atoms with Crippen molar-refractivity contribution in [3.8, 4) is 5.75 Å². The van der Waals surface area contributed by atoms with Gasteiger partial charge in [0.1, 0.15) is 5.75 Å². The van der Waals surface area contributed by atoms with Crippen LogP contribution >= 0.6 is 11.6 Å². The average Bonchev–Trinajstić information content (AvgIpc) is 2.40. The molecule has 1 atom stereocenters. The second-order valence-electron chi connectivity index (χ2n) is 3.78. The van der Waals surface area contributed by atoms with E-state index in [0.717, 1.165) is 0 Å². The zero-order valence-corrected chi connectivity index (χ0v) is 11.0. The van der Waals surface area contributed by atoms with Gasteiger partial charge in [0.05, 0.1) is 0 Å². The highest BCUT2D eigenvalue weighted by atomic mass is 35.5. The summed E-state index contributed by atoms with van der Waals surface area (Å²) in [4.78, 5) is 19.7. The Morgan fingerprint density at radius 2 is 2.05 bits per heavy atom. The van der Waals surface area contributed by atoms with Crippen molar-refractivity contribution in [1.29, 1.82) is 0 Å². The maximum Gasteiger partial charge on any atom is 0.267 e. The molecule has 1 heterocycles. The number of carbonyl (C=O) groups excluding carboxylic acids is 1. The Hall–Kier alpha value is -2.14. The van der Waals surface area contributed by atoms with Gasteiger partial charge in [-0.3, -0.25) is 10.1 Å². The Labute approximate surface area is 115 Å². The first-order valence-corrected chi connectivity index (χ1v) is 6.03. The van der Waals surface area contributed by atoms with Gasteiger partial charge in [0, 0.05) is 17.4 Å². The van der Waals surface area contributed by atoms with Crippen molar-refractivity contribution < 1.29 is 9.53 Å². The lowest BCUT2D eigenvalue weighted by Crippen LogP contribution is -2.30. The van der Waals surface area contributed by atoms with Crippen LogP contribution in [-0.2, 0) is 4.79 Å². The van der Waals surface area contributed by atoms with Crippen molar-refractivity contribution in [3.05, 3.63) is 47.7 Å². The van der Waals surface area contributed by atoms with Gasteiger partial charge in [-0.05, 0) is 31.2 Å². The summed E-state index contributed by atoms with van der Waals surface area (Å²) >= 11 is 5.84. The normalized spacial score (nSPS) is 11.7. The molecule has 1 unspecified atom stereocenters. The standard InChI is InChI=1S/C13H12ClN3O2/c1-9(19-11-5-2-4-10(14)8-11)12(18)17-13-15-6-3-7-16-13/h2-9H,1H3,(H,15,16,17,18). The fourth-order valence-electron chi connectivity index (χ4n) is 1.37. The molecule has 0 radical (unpaired) electrons.